The second kappa shape index (κ2) is 4.67. The van der Waals surface area contributed by atoms with Crippen LogP contribution in [0.5, 0.6) is 0 Å². The molecule has 1 rings (SSSR count). The number of amides is 1. The molecule has 0 bridgehead atoms. The molecular formula is C9H15N3O. The van der Waals surface area contributed by atoms with Crippen LogP contribution in [0.4, 0.5) is 0 Å². The van der Waals surface area contributed by atoms with Crippen molar-refractivity contribution in [1.29, 1.82) is 0 Å². The minimum atomic E-state index is -0.137. The molecule has 4 nitrogen and oxygen atoms in total. The van der Waals surface area contributed by atoms with Crippen molar-refractivity contribution in [1.82, 2.24) is 10.3 Å². The van der Waals surface area contributed by atoms with Gasteiger partial charge in [0.15, 0.2) is 0 Å². The summed E-state index contributed by atoms with van der Waals surface area (Å²) in [5.74, 6) is -0.130. The Morgan fingerprint density at radius 2 is 2.54 bits per heavy atom. The molecule has 0 radical (unpaired) electrons. The van der Waals surface area contributed by atoms with Crippen LogP contribution >= 0.6 is 0 Å². The number of carbonyl (C=O) groups excluding carboxylic acids is 1. The number of rotatable bonds is 4. The summed E-state index contributed by atoms with van der Waals surface area (Å²) < 4.78 is 0. The van der Waals surface area contributed by atoms with Crippen LogP contribution in [-0.2, 0) is 4.79 Å². The SMILES string of the molecule is CC(C(=O)NCCN)c1ccc[nH]1. The van der Waals surface area contributed by atoms with Gasteiger partial charge in [-0.3, -0.25) is 4.79 Å². The first kappa shape index (κ1) is 9.80. The lowest BCUT2D eigenvalue weighted by Crippen LogP contribution is -2.32. The minimum absolute atomic E-state index is 0.00731. The quantitative estimate of drug-likeness (QED) is 0.620. The Bertz CT molecular complexity index is 256. The van der Waals surface area contributed by atoms with E-state index in [0.29, 0.717) is 13.1 Å². The van der Waals surface area contributed by atoms with E-state index < -0.39 is 0 Å². The van der Waals surface area contributed by atoms with Crippen molar-refractivity contribution in [2.75, 3.05) is 13.1 Å². The van der Waals surface area contributed by atoms with Gasteiger partial charge in [-0.1, -0.05) is 0 Å². The van der Waals surface area contributed by atoms with E-state index in [1.165, 1.54) is 0 Å². The lowest BCUT2D eigenvalue weighted by atomic mass is 10.1. The molecule has 0 aliphatic heterocycles. The van der Waals surface area contributed by atoms with Crippen LogP contribution in [0.15, 0.2) is 18.3 Å². The molecule has 13 heavy (non-hydrogen) atoms. The fourth-order valence-electron chi connectivity index (χ4n) is 1.10. The van der Waals surface area contributed by atoms with Crippen LogP contribution in [0.2, 0.25) is 0 Å². The zero-order chi connectivity index (χ0) is 9.68. The molecule has 1 heterocycles. The standard InChI is InChI=1S/C9H15N3O/c1-7(8-3-2-5-11-8)9(13)12-6-4-10/h2-3,5,7,11H,4,6,10H2,1H3,(H,12,13). The van der Waals surface area contributed by atoms with E-state index in [4.69, 9.17) is 5.73 Å². The monoisotopic (exact) mass is 181 g/mol. The summed E-state index contributed by atoms with van der Waals surface area (Å²) in [5.41, 5.74) is 6.20. The number of nitrogens with one attached hydrogen (secondary N) is 2. The maximum absolute atomic E-state index is 11.4. The Hall–Kier alpha value is -1.29. The van der Waals surface area contributed by atoms with E-state index in [1.807, 2.05) is 25.3 Å². The fraction of sp³-hybridized carbons (Fsp3) is 0.444. The molecule has 1 unspecified atom stereocenters. The first-order valence-electron chi connectivity index (χ1n) is 4.36. The van der Waals surface area contributed by atoms with Gasteiger partial charge in [0, 0.05) is 25.0 Å². The van der Waals surface area contributed by atoms with Gasteiger partial charge >= 0.3 is 0 Å². The summed E-state index contributed by atoms with van der Waals surface area (Å²) in [6.45, 7) is 2.87. The molecule has 4 N–H and O–H groups in total. The highest BCUT2D eigenvalue weighted by atomic mass is 16.1. The van der Waals surface area contributed by atoms with E-state index in [2.05, 4.69) is 10.3 Å². The van der Waals surface area contributed by atoms with Crippen molar-refractivity contribution >= 4 is 5.91 Å². The van der Waals surface area contributed by atoms with Gasteiger partial charge in [0.2, 0.25) is 5.91 Å². The van der Waals surface area contributed by atoms with E-state index in [0.717, 1.165) is 5.69 Å². The highest BCUT2D eigenvalue weighted by molar-refractivity contribution is 5.82. The first-order valence-corrected chi connectivity index (χ1v) is 4.36. The van der Waals surface area contributed by atoms with E-state index in [1.54, 1.807) is 0 Å². The van der Waals surface area contributed by atoms with Gasteiger partial charge in [0.1, 0.15) is 0 Å². The zero-order valence-electron chi connectivity index (χ0n) is 7.71. The molecule has 0 aromatic carbocycles. The van der Waals surface area contributed by atoms with Gasteiger partial charge in [0.05, 0.1) is 5.92 Å². The molecular weight excluding hydrogens is 166 g/mol. The van der Waals surface area contributed by atoms with Crippen LogP contribution in [0.1, 0.15) is 18.5 Å². The van der Waals surface area contributed by atoms with Crippen molar-refractivity contribution < 1.29 is 4.79 Å². The third kappa shape index (κ3) is 2.59. The Kier molecular flexibility index (Phi) is 3.52. The normalized spacial score (nSPS) is 12.5. The molecule has 0 saturated heterocycles. The van der Waals surface area contributed by atoms with Gasteiger partial charge in [-0.25, -0.2) is 0 Å². The molecule has 1 aromatic rings. The maximum atomic E-state index is 11.4. The van der Waals surface area contributed by atoms with Crippen molar-refractivity contribution in [3.63, 3.8) is 0 Å². The van der Waals surface area contributed by atoms with Crippen molar-refractivity contribution in [3.8, 4) is 0 Å². The third-order valence-electron chi connectivity index (χ3n) is 1.93. The molecule has 0 aliphatic carbocycles. The van der Waals surface area contributed by atoms with Crippen molar-refractivity contribution in [2.45, 2.75) is 12.8 Å². The predicted octanol–water partition coefficient (Wildman–Crippen LogP) is 0.193. The van der Waals surface area contributed by atoms with Crippen LogP contribution in [0.25, 0.3) is 0 Å². The van der Waals surface area contributed by atoms with Crippen molar-refractivity contribution in [2.24, 2.45) is 5.73 Å². The summed E-state index contributed by atoms with van der Waals surface area (Å²) in [7, 11) is 0. The topological polar surface area (TPSA) is 70.9 Å². The summed E-state index contributed by atoms with van der Waals surface area (Å²) in [6, 6.07) is 3.77. The average Bonchev–Trinajstić information content (AvgIpc) is 2.65. The summed E-state index contributed by atoms with van der Waals surface area (Å²) in [5, 5.41) is 2.74. The fourth-order valence-corrected chi connectivity index (χ4v) is 1.10. The van der Waals surface area contributed by atoms with Gasteiger partial charge < -0.3 is 16.0 Å². The van der Waals surface area contributed by atoms with E-state index >= 15 is 0 Å². The lowest BCUT2D eigenvalue weighted by molar-refractivity contribution is -0.122. The molecule has 0 saturated carbocycles. The third-order valence-corrected chi connectivity index (χ3v) is 1.93. The lowest BCUT2D eigenvalue weighted by Gasteiger charge is -2.09. The Morgan fingerprint density at radius 3 is 3.08 bits per heavy atom. The highest BCUT2D eigenvalue weighted by Gasteiger charge is 2.14. The maximum Gasteiger partial charge on any atom is 0.228 e. The van der Waals surface area contributed by atoms with Crippen LogP contribution in [0, 0.1) is 0 Å². The van der Waals surface area contributed by atoms with Gasteiger partial charge in [0.25, 0.3) is 0 Å². The highest BCUT2D eigenvalue weighted by Crippen LogP contribution is 2.11. The number of H-pyrrole nitrogens is 1. The van der Waals surface area contributed by atoms with Gasteiger partial charge in [-0.2, -0.15) is 0 Å². The van der Waals surface area contributed by atoms with Gasteiger partial charge in [-0.05, 0) is 19.1 Å². The molecule has 1 aromatic heterocycles. The Balaban J connectivity index is 2.48. The largest absolute Gasteiger partial charge is 0.364 e. The number of nitrogens with two attached hydrogens (primary N) is 1. The number of hydrogen-bond donors (Lipinski definition) is 3. The first-order chi connectivity index (χ1) is 6.25. The Morgan fingerprint density at radius 1 is 1.77 bits per heavy atom. The molecule has 4 heteroatoms. The molecule has 0 spiro atoms. The number of aromatic amines is 1. The van der Waals surface area contributed by atoms with Crippen LogP contribution in [0.3, 0.4) is 0 Å². The minimum Gasteiger partial charge on any atom is -0.364 e. The molecule has 0 fully saturated rings. The molecule has 1 atom stereocenters. The summed E-state index contributed by atoms with van der Waals surface area (Å²) in [6.07, 6.45) is 1.81. The average molecular weight is 181 g/mol. The molecule has 1 amide bonds. The predicted molar refractivity (Wildman–Crippen MR) is 51.3 cm³/mol. The zero-order valence-corrected chi connectivity index (χ0v) is 7.71. The van der Waals surface area contributed by atoms with E-state index in [-0.39, 0.29) is 11.8 Å². The van der Waals surface area contributed by atoms with Crippen LogP contribution < -0.4 is 11.1 Å². The molecule has 72 valence electrons. The van der Waals surface area contributed by atoms with Crippen molar-refractivity contribution in [3.05, 3.63) is 24.0 Å². The summed E-state index contributed by atoms with van der Waals surface area (Å²) in [4.78, 5) is 14.4. The number of aromatic nitrogens is 1. The number of carbonyl (C=O) groups is 1. The van der Waals surface area contributed by atoms with E-state index in [9.17, 15) is 4.79 Å². The molecule has 0 aliphatic rings. The second-order valence-electron chi connectivity index (χ2n) is 2.93. The van der Waals surface area contributed by atoms with Gasteiger partial charge in [-0.15, -0.1) is 0 Å². The smallest absolute Gasteiger partial charge is 0.228 e. The van der Waals surface area contributed by atoms with Crippen LogP contribution in [-0.4, -0.2) is 24.0 Å². The second-order valence-corrected chi connectivity index (χ2v) is 2.93. The number of hydrogen-bond acceptors (Lipinski definition) is 2. The Labute approximate surface area is 77.5 Å². The summed E-state index contributed by atoms with van der Waals surface area (Å²) >= 11 is 0.